The highest BCUT2D eigenvalue weighted by atomic mass is 32.1. The molecule has 0 radical (unpaired) electrons. The summed E-state index contributed by atoms with van der Waals surface area (Å²) in [6.45, 7) is 3.99. The number of hydrogen-bond acceptors (Lipinski definition) is 7. The van der Waals surface area contributed by atoms with E-state index in [2.05, 4.69) is 28.7 Å². The Bertz CT molecular complexity index is 1040. The maximum Gasteiger partial charge on any atom is 0.151 e. The van der Waals surface area contributed by atoms with Crippen LogP contribution in [-0.2, 0) is 0 Å². The minimum Gasteiger partial charge on any atom is -0.237 e. The summed E-state index contributed by atoms with van der Waals surface area (Å²) >= 11 is 1.17. The standard InChI is InChI=1S/C20H16N6S/c1-13-3-7-17(21-9-13)23-11-15-5-6-16(20-19(15)25-27-26-20)12-24-18-8-4-14(2)10-22-18/h3-12H,1-2H3. The number of fused-ring (bicyclic) bond motifs is 1. The third-order valence-corrected chi connectivity index (χ3v) is 4.47. The lowest BCUT2D eigenvalue weighted by molar-refractivity contribution is 1.24. The molecule has 1 aromatic carbocycles. The van der Waals surface area contributed by atoms with Crippen LogP contribution in [0.2, 0.25) is 0 Å². The quantitative estimate of drug-likeness (QED) is 0.491. The molecule has 0 bridgehead atoms. The highest BCUT2D eigenvalue weighted by Gasteiger charge is 2.08. The average molecular weight is 372 g/mol. The van der Waals surface area contributed by atoms with Crippen molar-refractivity contribution in [3.05, 3.63) is 71.0 Å². The van der Waals surface area contributed by atoms with Gasteiger partial charge in [-0.15, -0.1) is 0 Å². The minimum atomic E-state index is 0.660. The van der Waals surface area contributed by atoms with Gasteiger partial charge in [0.25, 0.3) is 0 Å². The van der Waals surface area contributed by atoms with Crippen LogP contribution in [0.5, 0.6) is 0 Å². The fourth-order valence-electron chi connectivity index (χ4n) is 2.46. The van der Waals surface area contributed by atoms with E-state index in [0.29, 0.717) is 11.6 Å². The monoisotopic (exact) mass is 372 g/mol. The van der Waals surface area contributed by atoms with Crippen molar-refractivity contribution in [2.45, 2.75) is 13.8 Å². The first-order valence-corrected chi connectivity index (χ1v) is 9.11. The van der Waals surface area contributed by atoms with Crippen LogP contribution in [0.15, 0.2) is 58.8 Å². The van der Waals surface area contributed by atoms with Crippen molar-refractivity contribution in [3.8, 4) is 0 Å². The lowest BCUT2D eigenvalue weighted by Crippen LogP contribution is -1.90. The van der Waals surface area contributed by atoms with Gasteiger partial charge in [0.05, 0.1) is 11.7 Å². The summed E-state index contributed by atoms with van der Waals surface area (Å²) < 4.78 is 8.83. The molecule has 4 aromatic rings. The molecule has 0 saturated heterocycles. The van der Waals surface area contributed by atoms with Gasteiger partial charge in [-0.2, -0.15) is 8.75 Å². The van der Waals surface area contributed by atoms with Gasteiger partial charge in [0, 0.05) is 35.9 Å². The topological polar surface area (TPSA) is 76.3 Å². The largest absolute Gasteiger partial charge is 0.237 e. The van der Waals surface area contributed by atoms with E-state index in [-0.39, 0.29) is 0 Å². The number of rotatable bonds is 4. The Morgan fingerprint density at radius 3 is 1.59 bits per heavy atom. The average Bonchev–Trinajstić information content (AvgIpc) is 3.18. The zero-order chi connectivity index (χ0) is 18.6. The molecule has 0 N–H and O–H groups in total. The van der Waals surface area contributed by atoms with Gasteiger partial charge in [0.1, 0.15) is 11.0 Å². The molecule has 0 aliphatic heterocycles. The molecule has 132 valence electrons. The van der Waals surface area contributed by atoms with Crippen LogP contribution in [0.25, 0.3) is 11.0 Å². The lowest BCUT2D eigenvalue weighted by Gasteiger charge is -1.99. The van der Waals surface area contributed by atoms with E-state index in [0.717, 1.165) is 33.3 Å². The summed E-state index contributed by atoms with van der Waals surface area (Å²) in [5.74, 6) is 1.32. The summed E-state index contributed by atoms with van der Waals surface area (Å²) in [5, 5.41) is 0. The molecule has 0 atom stereocenters. The van der Waals surface area contributed by atoms with Crippen molar-refractivity contribution in [3.63, 3.8) is 0 Å². The van der Waals surface area contributed by atoms with Crippen molar-refractivity contribution in [1.29, 1.82) is 0 Å². The van der Waals surface area contributed by atoms with Crippen LogP contribution >= 0.6 is 11.7 Å². The lowest BCUT2D eigenvalue weighted by atomic mass is 10.1. The van der Waals surface area contributed by atoms with Gasteiger partial charge in [-0.05, 0) is 37.1 Å². The van der Waals surface area contributed by atoms with E-state index >= 15 is 0 Å². The van der Waals surface area contributed by atoms with E-state index in [1.54, 1.807) is 24.8 Å². The molecule has 0 aliphatic carbocycles. The molecule has 0 spiro atoms. The smallest absolute Gasteiger partial charge is 0.151 e. The van der Waals surface area contributed by atoms with Gasteiger partial charge in [-0.1, -0.05) is 24.3 Å². The first-order valence-electron chi connectivity index (χ1n) is 8.38. The molecule has 0 saturated carbocycles. The maximum absolute atomic E-state index is 4.44. The predicted molar refractivity (Wildman–Crippen MR) is 110 cm³/mol. The summed E-state index contributed by atoms with van der Waals surface area (Å²) in [4.78, 5) is 17.4. The first-order chi connectivity index (χ1) is 13.2. The second kappa shape index (κ2) is 7.51. The molecule has 27 heavy (non-hydrogen) atoms. The van der Waals surface area contributed by atoms with Gasteiger partial charge in [0.15, 0.2) is 11.6 Å². The van der Waals surface area contributed by atoms with Gasteiger partial charge >= 0.3 is 0 Å². The third-order valence-electron chi connectivity index (χ3n) is 3.94. The number of nitrogens with zero attached hydrogens (tertiary/aromatic N) is 6. The molecular formula is C20H16N6S. The highest BCUT2D eigenvalue weighted by molar-refractivity contribution is 7.00. The van der Waals surface area contributed by atoms with Crippen LogP contribution in [0.1, 0.15) is 22.3 Å². The number of pyridine rings is 2. The van der Waals surface area contributed by atoms with Crippen molar-refractivity contribution in [1.82, 2.24) is 18.7 Å². The molecular weight excluding hydrogens is 356 g/mol. The second-order valence-electron chi connectivity index (χ2n) is 6.11. The van der Waals surface area contributed by atoms with Gasteiger partial charge in [-0.3, -0.25) is 0 Å². The van der Waals surface area contributed by atoms with Crippen molar-refractivity contribution < 1.29 is 0 Å². The molecule has 4 rings (SSSR count). The van der Waals surface area contributed by atoms with Gasteiger partial charge in [-0.25, -0.2) is 20.0 Å². The summed E-state index contributed by atoms with van der Waals surface area (Å²) in [6.07, 6.45) is 7.13. The molecule has 0 amide bonds. The van der Waals surface area contributed by atoms with Crippen LogP contribution in [0, 0.1) is 13.8 Å². The predicted octanol–water partition coefficient (Wildman–Crippen LogP) is 4.60. The Balaban J connectivity index is 1.64. The highest BCUT2D eigenvalue weighted by Crippen LogP contribution is 2.20. The normalized spacial score (nSPS) is 11.8. The Hall–Kier alpha value is -3.32. The Morgan fingerprint density at radius 1 is 0.704 bits per heavy atom. The number of aliphatic imine (C=N–C) groups is 2. The fourth-order valence-corrected chi connectivity index (χ4v) is 3.05. The number of aryl methyl sites for hydroxylation is 2. The number of hydrogen-bond donors (Lipinski definition) is 0. The van der Waals surface area contributed by atoms with E-state index in [9.17, 15) is 0 Å². The second-order valence-corrected chi connectivity index (χ2v) is 6.64. The summed E-state index contributed by atoms with van der Waals surface area (Å²) in [7, 11) is 0. The molecule has 3 heterocycles. The zero-order valence-corrected chi connectivity index (χ0v) is 15.7. The van der Waals surface area contributed by atoms with E-state index in [1.807, 2.05) is 50.2 Å². The van der Waals surface area contributed by atoms with Crippen LogP contribution in [-0.4, -0.2) is 31.1 Å². The van der Waals surface area contributed by atoms with Crippen LogP contribution < -0.4 is 0 Å². The summed E-state index contributed by atoms with van der Waals surface area (Å²) in [5.41, 5.74) is 5.60. The maximum atomic E-state index is 4.44. The van der Waals surface area contributed by atoms with E-state index in [1.165, 1.54) is 11.7 Å². The molecule has 0 aliphatic rings. The molecule has 7 heteroatoms. The molecule has 6 nitrogen and oxygen atoms in total. The third kappa shape index (κ3) is 3.93. The summed E-state index contributed by atoms with van der Waals surface area (Å²) in [6, 6.07) is 11.7. The Kier molecular flexibility index (Phi) is 4.76. The van der Waals surface area contributed by atoms with Gasteiger partial charge < -0.3 is 0 Å². The number of benzene rings is 1. The van der Waals surface area contributed by atoms with Crippen LogP contribution in [0.3, 0.4) is 0 Å². The SMILES string of the molecule is Cc1ccc(N=Cc2ccc(C=Nc3ccc(C)cn3)c3nsnc23)nc1. The van der Waals surface area contributed by atoms with Crippen molar-refractivity contribution >= 4 is 46.8 Å². The molecule has 0 fully saturated rings. The Morgan fingerprint density at radius 2 is 1.19 bits per heavy atom. The first kappa shape index (κ1) is 17.1. The number of aromatic nitrogens is 4. The fraction of sp³-hybridized carbons (Fsp3) is 0.100. The minimum absolute atomic E-state index is 0.660. The molecule has 3 aromatic heterocycles. The van der Waals surface area contributed by atoms with E-state index < -0.39 is 0 Å². The van der Waals surface area contributed by atoms with Crippen molar-refractivity contribution in [2.75, 3.05) is 0 Å². The Labute approximate surface area is 160 Å². The van der Waals surface area contributed by atoms with E-state index in [4.69, 9.17) is 0 Å². The van der Waals surface area contributed by atoms with Gasteiger partial charge in [0.2, 0.25) is 0 Å². The van der Waals surface area contributed by atoms with Crippen LogP contribution in [0.4, 0.5) is 11.6 Å². The van der Waals surface area contributed by atoms with Crippen molar-refractivity contribution in [2.24, 2.45) is 9.98 Å². The molecule has 0 unspecified atom stereocenters. The zero-order valence-electron chi connectivity index (χ0n) is 14.9.